The van der Waals surface area contributed by atoms with Gasteiger partial charge in [0.05, 0.1) is 10.6 Å². The van der Waals surface area contributed by atoms with Crippen LogP contribution in [0.15, 0.2) is 45.1 Å². The number of nitrogens with one attached hydrogen (secondary N) is 2. The summed E-state index contributed by atoms with van der Waals surface area (Å²) in [5.41, 5.74) is 0.878. The zero-order valence-electron chi connectivity index (χ0n) is 13.3. The number of aryl methyl sites for hydroxylation is 1. The molecule has 0 aliphatic heterocycles. The van der Waals surface area contributed by atoms with Crippen molar-refractivity contribution in [3.63, 3.8) is 0 Å². The molecule has 130 valence electrons. The monoisotopic (exact) mass is 378 g/mol. The van der Waals surface area contributed by atoms with E-state index in [4.69, 9.17) is 4.52 Å². The molecule has 0 radical (unpaired) electrons. The van der Waals surface area contributed by atoms with Gasteiger partial charge in [-0.15, -0.1) is 11.3 Å². The van der Waals surface area contributed by atoms with Gasteiger partial charge >= 0.3 is 0 Å². The predicted octanol–water partition coefficient (Wildman–Crippen LogP) is 2.87. The molecule has 1 amide bonds. The van der Waals surface area contributed by atoms with Gasteiger partial charge in [-0.05, 0) is 42.6 Å². The zero-order chi connectivity index (χ0) is 18.0. The minimum Gasteiger partial charge on any atom is -0.333 e. The lowest BCUT2D eigenvalue weighted by atomic mass is 10.3. The van der Waals surface area contributed by atoms with E-state index in [1.807, 2.05) is 0 Å². The van der Waals surface area contributed by atoms with Crippen LogP contribution in [0.4, 0.5) is 11.4 Å². The Bertz CT molecular complexity index is 1010. The largest absolute Gasteiger partial charge is 0.333 e. The first kappa shape index (κ1) is 17.1. The van der Waals surface area contributed by atoms with E-state index in [1.54, 1.807) is 18.4 Å². The van der Waals surface area contributed by atoms with E-state index >= 15 is 0 Å². The van der Waals surface area contributed by atoms with E-state index in [1.165, 1.54) is 42.5 Å². The van der Waals surface area contributed by atoms with Crippen LogP contribution in [0.3, 0.4) is 0 Å². The van der Waals surface area contributed by atoms with E-state index < -0.39 is 10.0 Å². The maximum absolute atomic E-state index is 12.6. The molecule has 10 heteroatoms. The molecule has 0 fully saturated rings. The molecule has 2 aromatic heterocycles. The molecule has 2 heterocycles. The molecule has 0 bridgehead atoms. The Morgan fingerprint density at radius 2 is 1.92 bits per heavy atom. The lowest BCUT2D eigenvalue weighted by Crippen LogP contribution is -2.13. The van der Waals surface area contributed by atoms with Crippen molar-refractivity contribution in [3.05, 3.63) is 41.5 Å². The van der Waals surface area contributed by atoms with Gasteiger partial charge in [-0.3, -0.25) is 9.52 Å². The van der Waals surface area contributed by atoms with Crippen LogP contribution in [-0.2, 0) is 14.8 Å². The van der Waals surface area contributed by atoms with E-state index in [2.05, 4.69) is 20.2 Å². The molecule has 0 saturated carbocycles. The highest BCUT2D eigenvalue weighted by Gasteiger charge is 2.20. The normalized spacial score (nSPS) is 11.3. The van der Waals surface area contributed by atoms with Gasteiger partial charge in [-0.2, -0.15) is 4.98 Å². The van der Waals surface area contributed by atoms with Crippen LogP contribution in [0.5, 0.6) is 0 Å². The molecule has 1 aromatic carbocycles. The average Bonchev–Trinajstić information content (AvgIpc) is 3.15. The number of carbonyl (C=O) groups excluding carboxylic acids is 1. The summed E-state index contributed by atoms with van der Waals surface area (Å²) in [6.07, 6.45) is 0. The molecule has 2 N–H and O–H groups in total. The highest BCUT2D eigenvalue weighted by molar-refractivity contribution is 7.92. The first-order valence-corrected chi connectivity index (χ1v) is 9.50. The van der Waals surface area contributed by atoms with Crippen LogP contribution >= 0.6 is 11.3 Å². The Kier molecular flexibility index (Phi) is 4.55. The van der Waals surface area contributed by atoms with Crippen molar-refractivity contribution in [1.29, 1.82) is 0 Å². The van der Waals surface area contributed by atoms with Crippen molar-refractivity contribution >= 4 is 38.6 Å². The van der Waals surface area contributed by atoms with Gasteiger partial charge in [-0.1, -0.05) is 5.16 Å². The van der Waals surface area contributed by atoms with Crippen molar-refractivity contribution in [1.82, 2.24) is 10.1 Å². The van der Waals surface area contributed by atoms with Crippen LogP contribution in [-0.4, -0.2) is 24.5 Å². The minimum atomic E-state index is -3.80. The standard InChI is InChI=1S/C15H14N4O4S2/c1-9-16-15(23-18-9)14-13(7-8-24-14)19-25(21,22)12-5-3-11(4-6-12)17-10(2)20/h3-8,19H,1-2H3,(H,17,20). The smallest absolute Gasteiger partial charge is 0.270 e. The second-order valence-electron chi connectivity index (χ2n) is 5.12. The number of aromatic nitrogens is 2. The molecular formula is C15H14N4O4S2. The third-order valence-electron chi connectivity index (χ3n) is 3.12. The van der Waals surface area contributed by atoms with Crippen molar-refractivity contribution in [2.75, 3.05) is 10.0 Å². The highest BCUT2D eigenvalue weighted by Crippen LogP contribution is 2.34. The molecule has 0 saturated heterocycles. The molecule has 3 rings (SSSR count). The third kappa shape index (κ3) is 3.86. The summed E-state index contributed by atoms with van der Waals surface area (Å²) < 4.78 is 32.7. The fraction of sp³-hybridized carbons (Fsp3) is 0.133. The van der Waals surface area contributed by atoms with Crippen molar-refractivity contribution in [2.24, 2.45) is 0 Å². The summed E-state index contributed by atoms with van der Waals surface area (Å²) in [7, 11) is -3.80. The van der Waals surface area contributed by atoms with Gasteiger partial charge in [0, 0.05) is 12.6 Å². The number of hydrogen-bond donors (Lipinski definition) is 2. The van der Waals surface area contributed by atoms with Gasteiger partial charge in [-0.25, -0.2) is 8.42 Å². The van der Waals surface area contributed by atoms with E-state index in [0.29, 0.717) is 22.1 Å². The first-order valence-electron chi connectivity index (χ1n) is 7.14. The van der Waals surface area contributed by atoms with Gasteiger partial charge in [0.1, 0.15) is 4.88 Å². The molecular weight excluding hydrogens is 364 g/mol. The minimum absolute atomic E-state index is 0.0699. The highest BCUT2D eigenvalue weighted by atomic mass is 32.2. The summed E-state index contributed by atoms with van der Waals surface area (Å²) in [5, 5.41) is 8.02. The summed E-state index contributed by atoms with van der Waals surface area (Å²) >= 11 is 1.29. The Balaban J connectivity index is 1.85. The van der Waals surface area contributed by atoms with Crippen molar-refractivity contribution < 1.29 is 17.7 Å². The van der Waals surface area contributed by atoms with Crippen molar-refractivity contribution in [2.45, 2.75) is 18.7 Å². The number of anilines is 2. The maximum atomic E-state index is 12.6. The van der Waals surface area contributed by atoms with E-state index in [9.17, 15) is 13.2 Å². The molecule has 0 spiro atoms. The predicted molar refractivity (Wildman–Crippen MR) is 93.9 cm³/mol. The quantitative estimate of drug-likeness (QED) is 0.705. The maximum Gasteiger partial charge on any atom is 0.270 e. The Hall–Kier alpha value is -2.72. The van der Waals surface area contributed by atoms with Crippen molar-refractivity contribution in [3.8, 4) is 10.8 Å². The average molecular weight is 378 g/mol. The number of thiophene rings is 1. The molecule has 0 unspecified atom stereocenters. The molecule has 0 atom stereocenters. The van der Waals surface area contributed by atoms with Crippen LogP contribution < -0.4 is 10.0 Å². The lowest BCUT2D eigenvalue weighted by molar-refractivity contribution is -0.114. The number of rotatable bonds is 5. The van der Waals surface area contributed by atoms with Crippen LogP contribution in [0, 0.1) is 6.92 Å². The number of benzene rings is 1. The summed E-state index contributed by atoms with van der Waals surface area (Å²) in [4.78, 5) is 15.7. The van der Waals surface area contributed by atoms with E-state index in [-0.39, 0.29) is 16.7 Å². The van der Waals surface area contributed by atoms with Crippen LogP contribution in [0.2, 0.25) is 0 Å². The third-order valence-corrected chi connectivity index (χ3v) is 5.40. The van der Waals surface area contributed by atoms with Crippen LogP contribution in [0.25, 0.3) is 10.8 Å². The second-order valence-corrected chi connectivity index (χ2v) is 7.72. The fourth-order valence-electron chi connectivity index (χ4n) is 2.07. The number of amides is 1. The van der Waals surface area contributed by atoms with Gasteiger partial charge in [0.15, 0.2) is 5.82 Å². The summed E-state index contributed by atoms with van der Waals surface area (Å²) in [6, 6.07) is 7.49. The Morgan fingerprint density at radius 3 is 2.52 bits per heavy atom. The Labute approximate surface area is 147 Å². The number of sulfonamides is 1. The lowest BCUT2D eigenvalue weighted by Gasteiger charge is -2.08. The van der Waals surface area contributed by atoms with Crippen LogP contribution in [0.1, 0.15) is 12.7 Å². The summed E-state index contributed by atoms with van der Waals surface area (Å²) in [5.74, 6) is 0.489. The molecule has 0 aliphatic carbocycles. The Morgan fingerprint density at radius 1 is 1.20 bits per heavy atom. The van der Waals surface area contributed by atoms with E-state index in [0.717, 1.165) is 0 Å². The number of carbonyl (C=O) groups is 1. The molecule has 3 aromatic rings. The van der Waals surface area contributed by atoms with Gasteiger partial charge in [0.25, 0.3) is 15.9 Å². The first-order chi connectivity index (χ1) is 11.8. The second kappa shape index (κ2) is 6.65. The molecule has 25 heavy (non-hydrogen) atoms. The number of hydrogen-bond acceptors (Lipinski definition) is 7. The molecule has 8 nitrogen and oxygen atoms in total. The summed E-state index contributed by atoms with van der Waals surface area (Å²) in [6.45, 7) is 3.06. The fourth-order valence-corrected chi connectivity index (χ4v) is 3.98. The topological polar surface area (TPSA) is 114 Å². The van der Waals surface area contributed by atoms with Gasteiger partial charge in [0.2, 0.25) is 5.91 Å². The SMILES string of the molecule is CC(=O)Nc1ccc(S(=O)(=O)Nc2ccsc2-c2nc(C)no2)cc1. The number of nitrogens with zero attached hydrogens (tertiary/aromatic N) is 2. The molecule has 0 aliphatic rings. The van der Waals surface area contributed by atoms with Gasteiger partial charge < -0.3 is 9.84 Å². The zero-order valence-corrected chi connectivity index (χ0v) is 14.9.